The van der Waals surface area contributed by atoms with Crippen molar-refractivity contribution in [2.45, 2.75) is 13.1 Å². The van der Waals surface area contributed by atoms with E-state index in [9.17, 15) is 0 Å². The minimum Gasteiger partial charge on any atom is -0.384 e. The Labute approximate surface area is 111 Å². The van der Waals surface area contributed by atoms with Crippen molar-refractivity contribution in [2.24, 2.45) is 0 Å². The molecular weight excluding hydrogens is 248 g/mol. The first-order chi connectivity index (χ1) is 8.65. The van der Waals surface area contributed by atoms with Gasteiger partial charge in [-0.3, -0.25) is 9.88 Å². The topological polar surface area (TPSA) is 55.0 Å². The SMILES string of the molecule is CN(Cc1ccncc1)Cc1nc(N)ccc1Cl. The summed E-state index contributed by atoms with van der Waals surface area (Å²) in [7, 11) is 2.02. The summed E-state index contributed by atoms with van der Waals surface area (Å²) in [6.07, 6.45) is 3.57. The summed E-state index contributed by atoms with van der Waals surface area (Å²) in [4.78, 5) is 10.4. The minimum absolute atomic E-state index is 0.492. The number of aromatic nitrogens is 2. The summed E-state index contributed by atoms with van der Waals surface area (Å²) in [5.41, 5.74) is 7.66. The summed E-state index contributed by atoms with van der Waals surface area (Å²) in [5.74, 6) is 0.492. The van der Waals surface area contributed by atoms with Gasteiger partial charge < -0.3 is 5.73 Å². The average molecular weight is 263 g/mol. The van der Waals surface area contributed by atoms with Crippen LogP contribution in [0.15, 0.2) is 36.7 Å². The van der Waals surface area contributed by atoms with E-state index in [2.05, 4.69) is 14.9 Å². The van der Waals surface area contributed by atoms with Gasteiger partial charge in [0.15, 0.2) is 0 Å². The van der Waals surface area contributed by atoms with Crippen LogP contribution in [0.5, 0.6) is 0 Å². The van der Waals surface area contributed by atoms with E-state index in [1.54, 1.807) is 24.5 Å². The van der Waals surface area contributed by atoms with E-state index in [0.717, 1.165) is 12.2 Å². The maximum Gasteiger partial charge on any atom is 0.123 e. The largest absolute Gasteiger partial charge is 0.384 e. The second-order valence-electron chi connectivity index (χ2n) is 4.19. The van der Waals surface area contributed by atoms with E-state index < -0.39 is 0 Å². The van der Waals surface area contributed by atoms with Gasteiger partial charge in [0, 0.05) is 25.5 Å². The van der Waals surface area contributed by atoms with E-state index >= 15 is 0 Å². The predicted molar refractivity (Wildman–Crippen MR) is 73.1 cm³/mol. The summed E-state index contributed by atoms with van der Waals surface area (Å²) in [6, 6.07) is 7.46. The molecule has 0 aliphatic rings. The molecule has 0 saturated carbocycles. The normalized spacial score (nSPS) is 10.8. The van der Waals surface area contributed by atoms with Crippen LogP contribution in [0.3, 0.4) is 0 Å². The minimum atomic E-state index is 0.492. The number of hydrogen-bond donors (Lipinski definition) is 1. The summed E-state index contributed by atoms with van der Waals surface area (Å²) in [5, 5.41) is 0.644. The zero-order chi connectivity index (χ0) is 13.0. The molecule has 0 spiro atoms. The summed E-state index contributed by atoms with van der Waals surface area (Å²) in [6.45, 7) is 1.47. The van der Waals surface area contributed by atoms with Gasteiger partial charge in [-0.15, -0.1) is 0 Å². The first kappa shape index (κ1) is 12.8. The standard InChI is InChI=1S/C13H15ClN4/c1-18(8-10-4-6-16-7-5-10)9-12-11(14)2-3-13(15)17-12/h2-7H,8-9H2,1H3,(H2,15,17). The van der Waals surface area contributed by atoms with Crippen LogP contribution < -0.4 is 5.73 Å². The highest BCUT2D eigenvalue weighted by Crippen LogP contribution is 2.17. The Kier molecular flexibility index (Phi) is 4.12. The first-order valence-electron chi connectivity index (χ1n) is 5.63. The molecule has 0 aliphatic heterocycles. The van der Waals surface area contributed by atoms with Crippen molar-refractivity contribution in [1.82, 2.24) is 14.9 Å². The van der Waals surface area contributed by atoms with Crippen LogP contribution in [-0.4, -0.2) is 21.9 Å². The van der Waals surface area contributed by atoms with Gasteiger partial charge in [0.2, 0.25) is 0 Å². The quantitative estimate of drug-likeness (QED) is 0.919. The zero-order valence-corrected chi connectivity index (χ0v) is 10.9. The molecule has 2 N–H and O–H groups in total. The fraction of sp³-hybridized carbons (Fsp3) is 0.231. The maximum absolute atomic E-state index is 6.09. The molecule has 0 amide bonds. The van der Waals surface area contributed by atoms with Crippen molar-refractivity contribution in [3.63, 3.8) is 0 Å². The summed E-state index contributed by atoms with van der Waals surface area (Å²) < 4.78 is 0. The average Bonchev–Trinajstić information content (AvgIpc) is 2.35. The molecule has 94 valence electrons. The van der Waals surface area contributed by atoms with Crippen LogP contribution in [0.2, 0.25) is 5.02 Å². The van der Waals surface area contributed by atoms with E-state index in [0.29, 0.717) is 17.4 Å². The van der Waals surface area contributed by atoms with Crippen LogP contribution >= 0.6 is 11.6 Å². The molecule has 0 saturated heterocycles. The lowest BCUT2D eigenvalue weighted by Crippen LogP contribution is -2.18. The molecule has 18 heavy (non-hydrogen) atoms. The third-order valence-corrected chi connectivity index (χ3v) is 2.91. The summed E-state index contributed by atoms with van der Waals surface area (Å²) >= 11 is 6.09. The van der Waals surface area contributed by atoms with Crippen molar-refractivity contribution < 1.29 is 0 Å². The highest BCUT2D eigenvalue weighted by atomic mass is 35.5. The third-order valence-electron chi connectivity index (χ3n) is 2.56. The molecule has 0 atom stereocenters. The Bertz CT molecular complexity index is 516. The Morgan fingerprint density at radius 1 is 1.17 bits per heavy atom. The molecule has 2 aromatic heterocycles. The smallest absolute Gasteiger partial charge is 0.123 e. The van der Waals surface area contributed by atoms with E-state index in [1.165, 1.54) is 5.56 Å². The van der Waals surface area contributed by atoms with Crippen molar-refractivity contribution >= 4 is 17.4 Å². The number of pyridine rings is 2. The number of halogens is 1. The second-order valence-corrected chi connectivity index (χ2v) is 4.60. The van der Waals surface area contributed by atoms with Gasteiger partial charge >= 0.3 is 0 Å². The molecular formula is C13H15ClN4. The van der Waals surface area contributed by atoms with Gasteiger partial charge in [0.05, 0.1) is 10.7 Å². The van der Waals surface area contributed by atoms with Gasteiger partial charge in [-0.1, -0.05) is 11.6 Å². The number of nitrogens with two attached hydrogens (primary N) is 1. The molecule has 0 aliphatic carbocycles. The third kappa shape index (κ3) is 3.42. The lowest BCUT2D eigenvalue weighted by atomic mass is 10.2. The van der Waals surface area contributed by atoms with E-state index in [4.69, 9.17) is 17.3 Å². The van der Waals surface area contributed by atoms with Crippen molar-refractivity contribution in [2.75, 3.05) is 12.8 Å². The monoisotopic (exact) mass is 262 g/mol. The molecule has 4 nitrogen and oxygen atoms in total. The fourth-order valence-electron chi connectivity index (χ4n) is 1.72. The molecule has 0 fully saturated rings. The Morgan fingerprint density at radius 3 is 2.61 bits per heavy atom. The van der Waals surface area contributed by atoms with Gasteiger partial charge in [-0.25, -0.2) is 4.98 Å². The Balaban J connectivity index is 2.03. The van der Waals surface area contributed by atoms with E-state index in [1.807, 2.05) is 19.2 Å². The van der Waals surface area contributed by atoms with Crippen molar-refractivity contribution in [3.05, 3.63) is 52.9 Å². The molecule has 0 unspecified atom stereocenters. The lowest BCUT2D eigenvalue weighted by molar-refractivity contribution is 0.315. The van der Waals surface area contributed by atoms with Crippen molar-refractivity contribution in [3.8, 4) is 0 Å². The second kappa shape index (κ2) is 5.80. The Hall–Kier alpha value is -1.65. The fourth-order valence-corrected chi connectivity index (χ4v) is 1.89. The maximum atomic E-state index is 6.09. The predicted octanol–water partition coefficient (Wildman–Crippen LogP) is 2.34. The van der Waals surface area contributed by atoms with Crippen molar-refractivity contribution in [1.29, 1.82) is 0 Å². The van der Waals surface area contributed by atoms with E-state index in [-0.39, 0.29) is 0 Å². The van der Waals surface area contributed by atoms with Gasteiger partial charge in [-0.05, 0) is 36.9 Å². The molecule has 2 heterocycles. The molecule has 2 aromatic rings. The Morgan fingerprint density at radius 2 is 1.89 bits per heavy atom. The van der Waals surface area contributed by atoms with Gasteiger partial charge in [-0.2, -0.15) is 0 Å². The lowest BCUT2D eigenvalue weighted by Gasteiger charge is -2.17. The van der Waals surface area contributed by atoms with Crippen LogP contribution in [0, 0.1) is 0 Å². The number of nitrogens with zero attached hydrogens (tertiary/aromatic N) is 3. The zero-order valence-electron chi connectivity index (χ0n) is 10.2. The molecule has 5 heteroatoms. The first-order valence-corrected chi connectivity index (χ1v) is 6.01. The van der Waals surface area contributed by atoms with Gasteiger partial charge in [0.25, 0.3) is 0 Å². The number of rotatable bonds is 4. The number of nitrogen functional groups attached to an aromatic ring is 1. The number of anilines is 1. The van der Waals surface area contributed by atoms with Crippen LogP contribution in [0.4, 0.5) is 5.82 Å². The highest BCUT2D eigenvalue weighted by molar-refractivity contribution is 6.31. The van der Waals surface area contributed by atoms with Crippen LogP contribution in [0.1, 0.15) is 11.3 Å². The molecule has 0 radical (unpaired) electrons. The molecule has 2 rings (SSSR count). The highest BCUT2D eigenvalue weighted by Gasteiger charge is 2.07. The van der Waals surface area contributed by atoms with Crippen LogP contribution in [0.25, 0.3) is 0 Å². The van der Waals surface area contributed by atoms with Crippen LogP contribution in [-0.2, 0) is 13.1 Å². The van der Waals surface area contributed by atoms with Gasteiger partial charge in [0.1, 0.15) is 5.82 Å². The number of hydrogen-bond acceptors (Lipinski definition) is 4. The molecule has 0 aromatic carbocycles. The molecule has 0 bridgehead atoms.